The molecule has 1 aliphatic rings. The fraction of sp³-hybridized carbons (Fsp3) is 0.800. The van der Waals surface area contributed by atoms with Crippen molar-refractivity contribution in [3.05, 3.63) is 0 Å². The van der Waals surface area contributed by atoms with E-state index in [2.05, 4.69) is 5.32 Å². The largest absolute Gasteiger partial charge is 0.356 e. The molecule has 0 aromatic rings. The second kappa shape index (κ2) is 5.10. The Labute approximate surface area is 84.2 Å². The average Bonchev–Trinajstić information content (AvgIpc) is 2.20. The number of carbonyl (C=O) groups excluding carboxylic acids is 2. The van der Waals surface area contributed by atoms with Crippen LogP contribution >= 0.6 is 0 Å². The van der Waals surface area contributed by atoms with Crippen LogP contribution < -0.4 is 11.1 Å². The summed E-state index contributed by atoms with van der Waals surface area (Å²) in [6.45, 7) is 2.55. The molecule has 1 unspecified atom stereocenters. The molecule has 4 nitrogen and oxygen atoms in total. The lowest BCUT2D eigenvalue weighted by atomic mass is 9.90. The van der Waals surface area contributed by atoms with Crippen LogP contribution in [0, 0.1) is 5.92 Å². The van der Waals surface area contributed by atoms with Gasteiger partial charge in [-0.3, -0.25) is 9.59 Å². The third-order valence-electron chi connectivity index (χ3n) is 2.70. The van der Waals surface area contributed by atoms with Crippen molar-refractivity contribution in [2.75, 3.05) is 6.54 Å². The third-order valence-corrected chi connectivity index (χ3v) is 2.70. The number of rotatable bonds is 4. The summed E-state index contributed by atoms with van der Waals surface area (Å²) in [6, 6.07) is -0.464. The number of hydrogen-bond donors (Lipinski definition) is 2. The standard InChI is InChI=1S/C10H18N2O2/c1-2-9(13)8(11)6-7-4-3-5-12-10(7)14/h7-8H,2-6,11H2,1H3,(H,12,14)/t7-,8?/m0/s1. The summed E-state index contributed by atoms with van der Waals surface area (Å²) in [6.07, 6.45) is 2.80. The van der Waals surface area contributed by atoms with Crippen molar-refractivity contribution in [2.24, 2.45) is 11.7 Å². The second-order valence-corrected chi connectivity index (χ2v) is 3.79. The van der Waals surface area contributed by atoms with E-state index in [1.165, 1.54) is 0 Å². The normalized spacial score (nSPS) is 24.1. The van der Waals surface area contributed by atoms with Crippen LogP contribution in [-0.2, 0) is 9.59 Å². The van der Waals surface area contributed by atoms with E-state index in [-0.39, 0.29) is 17.6 Å². The van der Waals surface area contributed by atoms with Gasteiger partial charge in [-0.1, -0.05) is 6.92 Å². The smallest absolute Gasteiger partial charge is 0.223 e. The van der Waals surface area contributed by atoms with Crippen molar-refractivity contribution >= 4 is 11.7 Å². The van der Waals surface area contributed by atoms with Gasteiger partial charge in [0.1, 0.15) is 5.78 Å². The SMILES string of the molecule is CCC(=O)C(N)C[C@@H]1CCCNC1=O. The van der Waals surface area contributed by atoms with Gasteiger partial charge in [0.15, 0.2) is 0 Å². The molecule has 1 amide bonds. The van der Waals surface area contributed by atoms with E-state index in [1.807, 2.05) is 0 Å². The Bertz CT molecular complexity index is 228. The number of nitrogens with one attached hydrogen (secondary N) is 1. The molecule has 0 radical (unpaired) electrons. The molecule has 2 atom stereocenters. The van der Waals surface area contributed by atoms with Gasteiger partial charge < -0.3 is 11.1 Å². The van der Waals surface area contributed by atoms with Gasteiger partial charge in [0.05, 0.1) is 6.04 Å². The van der Waals surface area contributed by atoms with Crippen LogP contribution in [-0.4, -0.2) is 24.3 Å². The molecule has 14 heavy (non-hydrogen) atoms. The van der Waals surface area contributed by atoms with Crippen LogP contribution in [0.3, 0.4) is 0 Å². The quantitative estimate of drug-likeness (QED) is 0.678. The highest BCUT2D eigenvalue weighted by atomic mass is 16.2. The van der Waals surface area contributed by atoms with E-state index < -0.39 is 6.04 Å². The first-order valence-corrected chi connectivity index (χ1v) is 5.21. The van der Waals surface area contributed by atoms with Crippen molar-refractivity contribution in [1.82, 2.24) is 5.32 Å². The number of ketones is 1. The monoisotopic (exact) mass is 198 g/mol. The zero-order valence-electron chi connectivity index (χ0n) is 8.58. The predicted molar refractivity (Wildman–Crippen MR) is 53.6 cm³/mol. The first-order valence-electron chi connectivity index (χ1n) is 5.21. The van der Waals surface area contributed by atoms with Gasteiger partial charge in [-0.15, -0.1) is 0 Å². The van der Waals surface area contributed by atoms with Crippen LogP contribution in [0.4, 0.5) is 0 Å². The zero-order valence-corrected chi connectivity index (χ0v) is 8.58. The molecule has 0 saturated carbocycles. The van der Waals surface area contributed by atoms with Gasteiger partial charge >= 0.3 is 0 Å². The van der Waals surface area contributed by atoms with Gasteiger partial charge in [-0.2, -0.15) is 0 Å². The van der Waals surface area contributed by atoms with Crippen LogP contribution in [0.2, 0.25) is 0 Å². The Morgan fingerprint density at radius 3 is 3.00 bits per heavy atom. The maximum atomic E-state index is 11.4. The average molecular weight is 198 g/mol. The number of hydrogen-bond acceptors (Lipinski definition) is 3. The molecule has 1 aliphatic heterocycles. The topological polar surface area (TPSA) is 72.2 Å². The Balaban J connectivity index is 2.42. The molecular weight excluding hydrogens is 180 g/mol. The summed E-state index contributed by atoms with van der Waals surface area (Å²) in [5, 5.41) is 2.79. The molecule has 0 bridgehead atoms. The highest BCUT2D eigenvalue weighted by molar-refractivity contribution is 5.85. The molecule has 4 heteroatoms. The Morgan fingerprint density at radius 1 is 1.71 bits per heavy atom. The van der Waals surface area contributed by atoms with Crippen molar-refractivity contribution in [2.45, 2.75) is 38.6 Å². The van der Waals surface area contributed by atoms with Gasteiger partial charge in [0, 0.05) is 18.9 Å². The van der Waals surface area contributed by atoms with E-state index in [9.17, 15) is 9.59 Å². The van der Waals surface area contributed by atoms with E-state index in [0.717, 1.165) is 19.4 Å². The fourth-order valence-corrected chi connectivity index (χ4v) is 1.76. The summed E-state index contributed by atoms with van der Waals surface area (Å²) >= 11 is 0. The minimum atomic E-state index is -0.464. The van der Waals surface area contributed by atoms with Gasteiger partial charge in [-0.25, -0.2) is 0 Å². The van der Waals surface area contributed by atoms with Gasteiger partial charge in [-0.05, 0) is 19.3 Å². The lowest BCUT2D eigenvalue weighted by molar-refractivity contribution is -0.127. The second-order valence-electron chi connectivity index (χ2n) is 3.79. The lowest BCUT2D eigenvalue weighted by Gasteiger charge is -2.23. The summed E-state index contributed by atoms with van der Waals surface area (Å²) in [4.78, 5) is 22.6. The highest BCUT2D eigenvalue weighted by Crippen LogP contribution is 2.17. The van der Waals surface area contributed by atoms with Crippen LogP contribution in [0.15, 0.2) is 0 Å². The van der Waals surface area contributed by atoms with E-state index in [0.29, 0.717) is 12.8 Å². The molecule has 1 fully saturated rings. The lowest BCUT2D eigenvalue weighted by Crippen LogP contribution is -2.41. The fourth-order valence-electron chi connectivity index (χ4n) is 1.76. The van der Waals surface area contributed by atoms with Crippen molar-refractivity contribution in [3.8, 4) is 0 Å². The van der Waals surface area contributed by atoms with Crippen molar-refractivity contribution in [3.63, 3.8) is 0 Å². The van der Waals surface area contributed by atoms with E-state index in [4.69, 9.17) is 5.73 Å². The minimum absolute atomic E-state index is 0.0448. The molecule has 0 aromatic heterocycles. The molecule has 80 valence electrons. The van der Waals surface area contributed by atoms with Gasteiger partial charge in [0.2, 0.25) is 5.91 Å². The summed E-state index contributed by atoms with van der Waals surface area (Å²) in [5.41, 5.74) is 5.69. The van der Waals surface area contributed by atoms with Crippen LogP contribution in [0.5, 0.6) is 0 Å². The predicted octanol–water partition coefficient (Wildman–Crippen LogP) is 0.209. The molecule has 0 aliphatic carbocycles. The molecule has 3 N–H and O–H groups in total. The maximum Gasteiger partial charge on any atom is 0.223 e. The summed E-state index contributed by atoms with van der Waals surface area (Å²) in [5.74, 6) is 0.0354. The van der Waals surface area contributed by atoms with Crippen LogP contribution in [0.25, 0.3) is 0 Å². The first kappa shape index (κ1) is 11.2. The van der Waals surface area contributed by atoms with Gasteiger partial charge in [0.25, 0.3) is 0 Å². The van der Waals surface area contributed by atoms with E-state index in [1.54, 1.807) is 6.92 Å². The number of piperidine rings is 1. The number of Topliss-reactive ketones (excluding diaryl/α,β-unsaturated/α-hetero) is 1. The summed E-state index contributed by atoms with van der Waals surface area (Å²) < 4.78 is 0. The number of carbonyl (C=O) groups is 2. The molecule has 1 saturated heterocycles. The van der Waals surface area contributed by atoms with Crippen molar-refractivity contribution in [1.29, 1.82) is 0 Å². The van der Waals surface area contributed by atoms with Crippen molar-refractivity contribution < 1.29 is 9.59 Å². The maximum absolute atomic E-state index is 11.4. The molecule has 0 spiro atoms. The Morgan fingerprint density at radius 2 is 2.43 bits per heavy atom. The molecule has 0 aromatic carbocycles. The van der Waals surface area contributed by atoms with E-state index >= 15 is 0 Å². The first-order chi connectivity index (χ1) is 6.65. The molecular formula is C10H18N2O2. The summed E-state index contributed by atoms with van der Waals surface area (Å²) in [7, 11) is 0. The number of nitrogens with two attached hydrogens (primary N) is 1. The zero-order chi connectivity index (χ0) is 10.6. The molecule has 1 heterocycles. The molecule has 1 rings (SSSR count). The Hall–Kier alpha value is -0.900. The highest BCUT2D eigenvalue weighted by Gasteiger charge is 2.25. The number of amides is 1. The van der Waals surface area contributed by atoms with Crippen LogP contribution in [0.1, 0.15) is 32.6 Å². The minimum Gasteiger partial charge on any atom is -0.356 e. The third kappa shape index (κ3) is 2.80. The Kier molecular flexibility index (Phi) is 4.07.